The molecule has 0 unspecified atom stereocenters. The van der Waals surface area contributed by atoms with Crippen molar-refractivity contribution in [1.82, 2.24) is 0 Å². The topological polar surface area (TPSA) is 23.9 Å². The van der Waals surface area contributed by atoms with Gasteiger partial charge in [0.25, 0.3) is 0 Å². The molecule has 0 aromatic heterocycles. The molecule has 1 nitrogen and oxygen atoms in total. The van der Waals surface area contributed by atoms with Crippen LogP contribution >= 0.6 is 0 Å². The fraction of sp³-hybridized carbons (Fsp3) is 0.211. The Morgan fingerprint density at radius 1 is 0.900 bits per heavy atom. The van der Waals surface area contributed by atoms with Gasteiger partial charge in [-0.25, -0.2) is 0 Å². The zero-order valence-electron chi connectivity index (χ0n) is 12.8. The lowest BCUT2D eigenvalue weighted by Gasteiger charge is -2.02. The summed E-state index contributed by atoms with van der Waals surface area (Å²) < 4.78 is 0. The van der Waals surface area contributed by atoms with Crippen molar-refractivity contribution in [2.24, 2.45) is 0 Å². The second kappa shape index (κ2) is 11.9. The zero-order chi connectivity index (χ0) is 15.2. The molecule has 0 aliphatic rings. The van der Waals surface area contributed by atoms with E-state index in [0.717, 1.165) is 17.5 Å². The molecule has 20 heavy (non-hydrogen) atoms. The van der Waals surface area contributed by atoms with Crippen LogP contribution in [0.5, 0.6) is 0 Å². The number of nitrogens with one attached hydrogen (secondary N) is 1. The predicted molar refractivity (Wildman–Crippen MR) is 90.7 cm³/mol. The van der Waals surface area contributed by atoms with Crippen LogP contribution in [0.1, 0.15) is 38.3 Å². The van der Waals surface area contributed by atoms with E-state index in [9.17, 15) is 0 Å². The Morgan fingerprint density at radius 2 is 1.20 bits per heavy atom. The molecule has 0 saturated carbocycles. The van der Waals surface area contributed by atoms with Gasteiger partial charge in [-0.15, -0.1) is 6.58 Å². The molecule has 2 aromatic rings. The van der Waals surface area contributed by atoms with Crippen molar-refractivity contribution in [2.75, 3.05) is 0 Å². The van der Waals surface area contributed by atoms with Crippen molar-refractivity contribution in [3.63, 3.8) is 0 Å². The van der Waals surface area contributed by atoms with E-state index in [2.05, 4.69) is 13.5 Å². The van der Waals surface area contributed by atoms with E-state index in [4.69, 9.17) is 5.41 Å². The first-order chi connectivity index (χ1) is 9.79. The van der Waals surface area contributed by atoms with Crippen LogP contribution in [0, 0.1) is 5.41 Å². The fourth-order valence-corrected chi connectivity index (χ4v) is 1.38. The molecular weight excluding hydrogens is 242 g/mol. The fourth-order valence-electron chi connectivity index (χ4n) is 1.38. The van der Waals surface area contributed by atoms with Gasteiger partial charge in [0, 0.05) is 0 Å². The molecule has 1 N–H and O–H groups in total. The van der Waals surface area contributed by atoms with Crippen LogP contribution < -0.4 is 0 Å². The highest BCUT2D eigenvalue weighted by Crippen LogP contribution is 2.08. The number of rotatable bonds is 3. The third-order valence-electron chi connectivity index (χ3n) is 2.41. The van der Waals surface area contributed by atoms with Crippen molar-refractivity contribution in [3.8, 4) is 0 Å². The molecule has 1 heteroatoms. The molecule has 0 bridgehead atoms. The lowest BCUT2D eigenvalue weighted by atomic mass is 10.0. The van der Waals surface area contributed by atoms with Crippen LogP contribution in [0.25, 0.3) is 0 Å². The second-order valence-electron chi connectivity index (χ2n) is 3.80. The van der Waals surface area contributed by atoms with Crippen LogP contribution in [0.3, 0.4) is 0 Å². The molecule has 0 atom stereocenters. The van der Waals surface area contributed by atoms with Crippen molar-refractivity contribution in [3.05, 3.63) is 84.4 Å². The maximum atomic E-state index is 7.97. The van der Waals surface area contributed by atoms with Gasteiger partial charge in [0.1, 0.15) is 0 Å². The average molecular weight is 267 g/mol. The van der Waals surface area contributed by atoms with Gasteiger partial charge in [-0.1, -0.05) is 87.5 Å². The largest absolute Gasteiger partial charge is 0.300 e. The standard InChI is InChI=1S/C13H11N.C4H8.C2H6/c14-13(11-7-3-1-4-8-11)12-9-5-2-6-10-12;1-3-4-2;1-2/h1-10,14H;3H,1,4H2,2H3;1-2H3. The van der Waals surface area contributed by atoms with Crippen molar-refractivity contribution in [2.45, 2.75) is 27.2 Å². The minimum Gasteiger partial charge on any atom is -0.300 e. The van der Waals surface area contributed by atoms with Crippen molar-refractivity contribution in [1.29, 1.82) is 5.41 Å². The molecule has 0 amide bonds. The highest BCUT2D eigenvalue weighted by atomic mass is 14.4. The van der Waals surface area contributed by atoms with Gasteiger partial charge < -0.3 is 0 Å². The number of hydrogen-bond acceptors (Lipinski definition) is 1. The van der Waals surface area contributed by atoms with Crippen LogP contribution in [0.2, 0.25) is 0 Å². The van der Waals surface area contributed by atoms with E-state index in [1.165, 1.54) is 0 Å². The van der Waals surface area contributed by atoms with E-state index < -0.39 is 0 Å². The molecule has 0 aliphatic heterocycles. The molecule has 106 valence electrons. The highest BCUT2D eigenvalue weighted by molar-refractivity contribution is 6.10. The molecule has 0 heterocycles. The minimum atomic E-state index is 0.575. The van der Waals surface area contributed by atoms with Crippen molar-refractivity contribution < 1.29 is 0 Å². The lowest BCUT2D eigenvalue weighted by molar-refractivity contribution is 1.23. The summed E-state index contributed by atoms with van der Waals surface area (Å²) in [4.78, 5) is 0. The smallest absolute Gasteiger partial charge is 0.0684 e. The zero-order valence-corrected chi connectivity index (χ0v) is 12.8. The summed E-state index contributed by atoms with van der Waals surface area (Å²) in [7, 11) is 0. The first kappa shape index (κ1) is 17.8. The Kier molecular flexibility index (Phi) is 10.6. The number of allylic oxidation sites excluding steroid dienone is 1. The quantitative estimate of drug-likeness (QED) is 0.544. The minimum absolute atomic E-state index is 0.575. The SMILES string of the molecule is C=CCC.CC.N=C(c1ccccc1)c1ccccc1. The monoisotopic (exact) mass is 267 g/mol. The molecule has 0 spiro atoms. The van der Waals surface area contributed by atoms with E-state index in [1.807, 2.05) is 80.6 Å². The summed E-state index contributed by atoms with van der Waals surface area (Å²) in [6, 6.07) is 19.5. The Bertz CT molecular complexity index is 430. The molecule has 0 saturated heterocycles. The highest BCUT2D eigenvalue weighted by Gasteiger charge is 2.01. The van der Waals surface area contributed by atoms with Gasteiger partial charge in [0.05, 0.1) is 5.71 Å². The first-order valence-corrected chi connectivity index (χ1v) is 7.09. The molecule has 0 fully saturated rings. The van der Waals surface area contributed by atoms with Gasteiger partial charge in [0.2, 0.25) is 0 Å². The van der Waals surface area contributed by atoms with Crippen LogP contribution in [-0.4, -0.2) is 5.71 Å². The van der Waals surface area contributed by atoms with E-state index in [0.29, 0.717) is 5.71 Å². The lowest BCUT2D eigenvalue weighted by Crippen LogP contribution is -1.99. The summed E-state index contributed by atoms with van der Waals surface area (Å²) >= 11 is 0. The van der Waals surface area contributed by atoms with E-state index in [1.54, 1.807) is 0 Å². The van der Waals surface area contributed by atoms with Crippen LogP contribution in [0.15, 0.2) is 73.3 Å². The summed E-state index contributed by atoms with van der Waals surface area (Å²) in [6.45, 7) is 9.54. The summed E-state index contributed by atoms with van der Waals surface area (Å²) in [5, 5.41) is 7.97. The van der Waals surface area contributed by atoms with Gasteiger partial charge in [-0.3, -0.25) is 5.41 Å². The third-order valence-corrected chi connectivity index (χ3v) is 2.41. The van der Waals surface area contributed by atoms with Gasteiger partial charge >= 0.3 is 0 Å². The van der Waals surface area contributed by atoms with Gasteiger partial charge in [-0.05, 0) is 17.5 Å². The van der Waals surface area contributed by atoms with Gasteiger partial charge in [0.15, 0.2) is 0 Å². The first-order valence-electron chi connectivity index (χ1n) is 7.09. The molecule has 0 radical (unpaired) electrons. The Morgan fingerprint density at radius 3 is 1.45 bits per heavy atom. The molecule has 0 aliphatic carbocycles. The van der Waals surface area contributed by atoms with E-state index in [-0.39, 0.29) is 0 Å². The predicted octanol–water partition coefficient (Wildman–Crippen LogP) is 5.71. The van der Waals surface area contributed by atoms with Gasteiger partial charge in [-0.2, -0.15) is 0 Å². The molecular formula is C19H25N. The summed E-state index contributed by atoms with van der Waals surface area (Å²) in [6.07, 6.45) is 2.96. The van der Waals surface area contributed by atoms with Crippen molar-refractivity contribution >= 4 is 5.71 Å². The maximum Gasteiger partial charge on any atom is 0.0684 e. The maximum absolute atomic E-state index is 7.97. The van der Waals surface area contributed by atoms with Crippen LogP contribution in [-0.2, 0) is 0 Å². The number of benzene rings is 2. The number of hydrogen-bond donors (Lipinski definition) is 1. The Balaban J connectivity index is 0.000000521. The Hall–Kier alpha value is -2.15. The summed E-state index contributed by atoms with van der Waals surface area (Å²) in [5.74, 6) is 0. The molecule has 2 aromatic carbocycles. The third kappa shape index (κ3) is 6.69. The van der Waals surface area contributed by atoms with Crippen LogP contribution in [0.4, 0.5) is 0 Å². The van der Waals surface area contributed by atoms with E-state index >= 15 is 0 Å². The average Bonchev–Trinajstić information content (AvgIpc) is 2.58. The normalized spacial score (nSPS) is 8.35. The summed E-state index contributed by atoms with van der Waals surface area (Å²) in [5.41, 5.74) is 2.49. The molecule has 2 rings (SSSR count). The second-order valence-corrected chi connectivity index (χ2v) is 3.80. The Labute approximate surface area is 123 Å².